The Hall–Kier alpha value is -0.420. The van der Waals surface area contributed by atoms with Gasteiger partial charge in [0.1, 0.15) is 5.69 Å². The zero-order chi connectivity index (χ0) is 8.27. The van der Waals surface area contributed by atoms with Gasteiger partial charge < -0.3 is 0 Å². The molecule has 1 heterocycles. The number of nitrogens with zero attached hydrogens (tertiary/aromatic N) is 2. The third-order valence-corrected chi connectivity index (χ3v) is 2.14. The van der Waals surface area contributed by atoms with Gasteiger partial charge in [0, 0.05) is 6.20 Å². The topological polar surface area (TPSA) is 42.9 Å². The first-order chi connectivity index (χ1) is 5.27. The molecule has 3 nitrogen and oxygen atoms in total. The zero-order valence-electron chi connectivity index (χ0n) is 5.67. The summed E-state index contributed by atoms with van der Waals surface area (Å²) in [4.78, 5) is 18.1. The summed E-state index contributed by atoms with van der Waals surface area (Å²) in [6.07, 6.45) is 5.09. The van der Waals surface area contributed by atoms with Crippen molar-refractivity contribution in [3.63, 3.8) is 0 Å². The number of hydrogen-bond donors (Lipinski definition) is 0. The second-order valence-corrected chi connectivity index (χ2v) is 3.28. The van der Waals surface area contributed by atoms with Gasteiger partial charge in [-0.1, -0.05) is 11.8 Å². The van der Waals surface area contributed by atoms with Crippen LogP contribution in [0.3, 0.4) is 0 Å². The molecule has 0 fully saturated rings. The zero-order valence-corrected chi connectivity index (χ0v) is 8.07. The summed E-state index contributed by atoms with van der Waals surface area (Å²) in [7, 11) is 0. The van der Waals surface area contributed by atoms with Gasteiger partial charge in [0.2, 0.25) is 0 Å². The van der Waals surface area contributed by atoms with E-state index in [-0.39, 0.29) is 5.69 Å². The van der Waals surface area contributed by atoms with Crippen LogP contribution in [-0.2, 0) is 4.79 Å². The van der Waals surface area contributed by atoms with Gasteiger partial charge in [-0.25, -0.2) is 9.97 Å². The third-order valence-electron chi connectivity index (χ3n) is 1.00. The lowest BCUT2D eigenvalue weighted by Gasteiger charge is -1.95. The number of carbonyl (C=O) groups excluding carboxylic acids is 1. The Balaban J connectivity index is 3.12. The first-order valence-corrected chi connectivity index (χ1v) is 4.74. The van der Waals surface area contributed by atoms with E-state index in [9.17, 15) is 4.79 Å². The molecule has 0 saturated heterocycles. The second-order valence-electron chi connectivity index (χ2n) is 1.66. The summed E-state index contributed by atoms with van der Waals surface area (Å²) in [6.45, 7) is 0. The van der Waals surface area contributed by atoms with Crippen molar-refractivity contribution < 1.29 is 4.79 Å². The summed E-state index contributed by atoms with van der Waals surface area (Å²) in [5.74, 6) is 0. The highest BCUT2D eigenvalue weighted by molar-refractivity contribution is 9.10. The van der Waals surface area contributed by atoms with E-state index in [1.54, 1.807) is 12.5 Å². The molecule has 5 heteroatoms. The lowest BCUT2D eigenvalue weighted by Crippen LogP contribution is -1.93. The monoisotopic (exact) mass is 231 g/mol. The Morgan fingerprint density at radius 3 is 3.00 bits per heavy atom. The third kappa shape index (κ3) is 2.00. The number of hydrogen-bond acceptors (Lipinski definition) is 4. The maximum atomic E-state index is 10.2. The predicted molar refractivity (Wildman–Crippen MR) is 46.3 cm³/mol. The molecule has 0 bridgehead atoms. The first kappa shape index (κ1) is 8.67. The summed E-state index contributed by atoms with van der Waals surface area (Å²) in [5, 5.41) is 0.576. The highest BCUT2D eigenvalue weighted by atomic mass is 79.9. The Kier molecular flexibility index (Phi) is 3.02. The van der Waals surface area contributed by atoms with Crippen molar-refractivity contribution in [2.75, 3.05) is 6.26 Å². The molecule has 0 aliphatic heterocycles. The molecule has 0 atom stereocenters. The molecule has 1 rings (SSSR count). The highest BCUT2D eigenvalue weighted by Crippen LogP contribution is 2.14. The number of thioether (sulfide) groups is 1. The van der Waals surface area contributed by atoms with Crippen molar-refractivity contribution in [2.24, 2.45) is 0 Å². The first-order valence-electron chi connectivity index (χ1n) is 2.72. The fourth-order valence-electron chi connectivity index (χ4n) is 0.521. The normalized spacial score (nSPS) is 9.64. The Labute approximate surface area is 76.8 Å². The predicted octanol–water partition coefficient (Wildman–Crippen LogP) is 1.42. The molecule has 11 heavy (non-hydrogen) atoms. The van der Waals surface area contributed by atoms with Crippen molar-refractivity contribution in [3.8, 4) is 0 Å². The van der Waals surface area contributed by atoms with E-state index < -0.39 is 0 Å². The van der Waals surface area contributed by atoms with Gasteiger partial charge in [0.05, 0.1) is 4.47 Å². The van der Waals surface area contributed by atoms with Crippen molar-refractivity contribution in [2.45, 2.75) is 5.16 Å². The number of halogens is 1. The smallest absolute Gasteiger partial charge is 0.254 e. The standard InChI is InChI=1S/C6H4BrN2OS/c1-11-6-8-2-4(7)5(3-10)9-6/h2H,1H3. The maximum absolute atomic E-state index is 10.2. The molecule has 0 N–H and O–H groups in total. The summed E-state index contributed by atoms with van der Waals surface area (Å²) in [5.41, 5.74) is 0.268. The molecule has 57 valence electrons. The molecule has 0 saturated carbocycles. The quantitative estimate of drug-likeness (QED) is 0.571. The van der Waals surface area contributed by atoms with Crippen molar-refractivity contribution in [1.82, 2.24) is 9.97 Å². The minimum Gasteiger partial charge on any atom is -0.283 e. The largest absolute Gasteiger partial charge is 0.283 e. The maximum Gasteiger partial charge on any atom is 0.254 e. The number of aromatic nitrogens is 2. The van der Waals surface area contributed by atoms with Crippen LogP contribution in [-0.4, -0.2) is 22.5 Å². The second kappa shape index (κ2) is 3.82. The molecular formula is C6H4BrN2OS. The minimum absolute atomic E-state index is 0.268. The molecule has 0 unspecified atom stereocenters. The van der Waals surface area contributed by atoms with E-state index in [2.05, 4.69) is 25.9 Å². The molecule has 1 radical (unpaired) electrons. The molecule has 0 aromatic carbocycles. The summed E-state index contributed by atoms with van der Waals surface area (Å²) in [6, 6.07) is 0. The molecular weight excluding hydrogens is 228 g/mol. The summed E-state index contributed by atoms with van der Waals surface area (Å²) >= 11 is 4.51. The fourth-order valence-corrected chi connectivity index (χ4v) is 1.13. The van der Waals surface area contributed by atoms with E-state index in [1.165, 1.54) is 11.8 Å². The van der Waals surface area contributed by atoms with Gasteiger partial charge in [0.25, 0.3) is 6.29 Å². The molecule has 0 aliphatic carbocycles. The average Bonchev–Trinajstić information content (AvgIpc) is 2.05. The van der Waals surface area contributed by atoms with Gasteiger partial charge in [0.15, 0.2) is 5.16 Å². The van der Waals surface area contributed by atoms with Crippen LogP contribution in [0.5, 0.6) is 0 Å². The molecule has 1 aromatic heterocycles. The van der Waals surface area contributed by atoms with Crippen LogP contribution in [0.4, 0.5) is 0 Å². The van der Waals surface area contributed by atoms with Crippen LogP contribution < -0.4 is 0 Å². The lowest BCUT2D eigenvalue weighted by atomic mass is 10.5. The van der Waals surface area contributed by atoms with Gasteiger partial charge in [-0.2, -0.15) is 0 Å². The molecule has 0 amide bonds. The lowest BCUT2D eigenvalue weighted by molar-refractivity contribution is 0.560. The highest BCUT2D eigenvalue weighted by Gasteiger charge is 2.02. The van der Waals surface area contributed by atoms with Crippen LogP contribution >= 0.6 is 27.7 Å². The Morgan fingerprint density at radius 1 is 1.73 bits per heavy atom. The molecule has 1 aromatic rings. The summed E-state index contributed by atoms with van der Waals surface area (Å²) < 4.78 is 0.574. The van der Waals surface area contributed by atoms with Gasteiger partial charge >= 0.3 is 0 Å². The van der Waals surface area contributed by atoms with Gasteiger partial charge in [-0.3, -0.25) is 4.79 Å². The van der Waals surface area contributed by atoms with E-state index in [0.29, 0.717) is 9.63 Å². The van der Waals surface area contributed by atoms with Crippen molar-refractivity contribution in [1.29, 1.82) is 0 Å². The van der Waals surface area contributed by atoms with Crippen LogP contribution in [0.2, 0.25) is 0 Å². The van der Waals surface area contributed by atoms with Crippen LogP contribution in [0, 0.1) is 0 Å². The van der Waals surface area contributed by atoms with E-state index in [4.69, 9.17) is 0 Å². The van der Waals surface area contributed by atoms with Gasteiger partial charge in [-0.05, 0) is 22.2 Å². The van der Waals surface area contributed by atoms with Crippen LogP contribution in [0.15, 0.2) is 15.8 Å². The van der Waals surface area contributed by atoms with Crippen LogP contribution in [0.1, 0.15) is 5.69 Å². The Morgan fingerprint density at radius 2 is 2.45 bits per heavy atom. The van der Waals surface area contributed by atoms with Gasteiger partial charge in [-0.15, -0.1) is 0 Å². The van der Waals surface area contributed by atoms with E-state index in [1.807, 2.05) is 6.26 Å². The number of rotatable bonds is 2. The fraction of sp³-hybridized carbons (Fsp3) is 0.167. The van der Waals surface area contributed by atoms with E-state index in [0.717, 1.165) is 0 Å². The molecule has 0 spiro atoms. The Bertz CT molecular complexity index is 279. The molecule has 0 aliphatic rings. The SMILES string of the molecule is CSc1ncc(Br)c([C]=O)n1. The van der Waals surface area contributed by atoms with Crippen LogP contribution in [0.25, 0.3) is 0 Å². The van der Waals surface area contributed by atoms with E-state index >= 15 is 0 Å². The van der Waals surface area contributed by atoms with Crippen molar-refractivity contribution in [3.05, 3.63) is 16.4 Å². The van der Waals surface area contributed by atoms with Crippen molar-refractivity contribution >= 4 is 34.0 Å². The minimum atomic E-state index is 0.268. The average molecular weight is 232 g/mol.